The molecule has 5 nitrogen and oxygen atoms in total. The smallest absolute Gasteiger partial charge is 0.195 e. The minimum absolute atomic E-state index is 0.320. The monoisotopic (exact) mass is 221 g/mol. The maximum Gasteiger partial charge on any atom is 0.195 e. The Morgan fingerprint density at radius 2 is 2.07 bits per heavy atom. The summed E-state index contributed by atoms with van der Waals surface area (Å²) >= 11 is 1.70. The van der Waals surface area contributed by atoms with Crippen molar-refractivity contribution < 1.29 is 0 Å². The highest BCUT2D eigenvalue weighted by Crippen LogP contribution is 2.19. The molecule has 2 aromatic rings. The Morgan fingerprint density at radius 3 is 2.60 bits per heavy atom. The fourth-order valence-electron chi connectivity index (χ4n) is 1.26. The third-order valence-corrected chi connectivity index (χ3v) is 2.86. The molecule has 15 heavy (non-hydrogen) atoms. The van der Waals surface area contributed by atoms with Gasteiger partial charge in [-0.25, -0.2) is 0 Å². The van der Waals surface area contributed by atoms with E-state index in [9.17, 15) is 0 Å². The molecule has 78 valence electrons. The normalized spacial score (nSPS) is 12.7. The summed E-state index contributed by atoms with van der Waals surface area (Å²) < 4.78 is 0. The summed E-state index contributed by atoms with van der Waals surface area (Å²) in [5.41, 5.74) is 6.94. The predicted molar refractivity (Wildman–Crippen MR) is 58.4 cm³/mol. The molecule has 0 fully saturated rings. The molecular weight excluding hydrogens is 210 g/mol. The fourth-order valence-corrected chi connectivity index (χ4v) is 1.67. The van der Waals surface area contributed by atoms with Crippen LogP contribution in [-0.2, 0) is 0 Å². The predicted octanol–water partition coefficient (Wildman–Crippen LogP) is 0.970. The van der Waals surface area contributed by atoms with Gasteiger partial charge in [0, 0.05) is 4.90 Å². The second-order valence-corrected chi connectivity index (χ2v) is 3.90. The van der Waals surface area contributed by atoms with Gasteiger partial charge in [0.2, 0.25) is 0 Å². The molecule has 0 amide bonds. The molecular formula is C9H11N5S. The first kappa shape index (κ1) is 10.1. The van der Waals surface area contributed by atoms with E-state index in [1.54, 1.807) is 11.8 Å². The quantitative estimate of drug-likeness (QED) is 0.755. The Bertz CT molecular complexity index is 411. The SMILES string of the molecule is CSc1ccc(C(N)c2nn[nH]n2)cc1. The Kier molecular flexibility index (Phi) is 2.98. The third-order valence-electron chi connectivity index (χ3n) is 2.11. The van der Waals surface area contributed by atoms with Gasteiger partial charge < -0.3 is 5.73 Å². The molecule has 2 rings (SSSR count). The van der Waals surface area contributed by atoms with Crippen molar-refractivity contribution in [3.8, 4) is 0 Å². The minimum Gasteiger partial charge on any atom is -0.318 e. The summed E-state index contributed by atoms with van der Waals surface area (Å²) in [6.45, 7) is 0. The van der Waals surface area contributed by atoms with Crippen LogP contribution in [0.1, 0.15) is 17.4 Å². The van der Waals surface area contributed by atoms with Gasteiger partial charge in [-0.2, -0.15) is 5.21 Å². The van der Waals surface area contributed by atoms with Gasteiger partial charge in [0.25, 0.3) is 0 Å². The van der Waals surface area contributed by atoms with Crippen molar-refractivity contribution in [2.24, 2.45) is 5.73 Å². The maximum absolute atomic E-state index is 5.96. The molecule has 0 saturated carbocycles. The van der Waals surface area contributed by atoms with Crippen molar-refractivity contribution in [3.63, 3.8) is 0 Å². The zero-order valence-corrected chi connectivity index (χ0v) is 9.03. The number of rotatable bonds is 3. The fraction of sp³-hybridized carbons (Fsp3) is 0.222. The first-order chi connectivity index (χ1) is 7.31. The first-order valence-corrected chi connectivity index (χ1v) is 5.66. The van der Waals surface area contributed by atoms with Crippen molar-refractivity contribution in [3.05, 3.63) is 35.7 Å². The molecule has 0 aliphatic heterocycles. The summed E-state index contributed by atoms with van der Waals surface area (Å²) in [4.78, 5) is 1.21. The number of nitrogens with two attached hydrogens (primary N) is 1. The van der Waals surface area contributed by atoms with Crippen molar-refractivity contribution in [1.82, 2.24) is 20.6 Å². The first-order valence-electron chi connectivity index (χ1n) is 4.44. The number of tetrazole rings is 1. The number of aromatic amines is 1. The molecule has 1 heterocycles. The average Bonchev–Trinajstić information content (AvgIpc) is 2.82. The number of nitrogens with one attached hydrogen (secondary N) is 1. The molecule has 0 spiro atoms. The van der Waals surface area contributed by atoms with Crippen LogP contribution in [-0.4, -0.2) is 26.9 Å². The molecule has 1 atom stereocenters. The van der Waals surface area contributed by atoms with Crippen molar-refractivity contribution >= 4 is 11.8 Å². The standard InChI is InChI=1S/C9H11N5S/c1-15-7-4-2-6(3-5-7)8(10)9-11-13-14-12-9/h2-5,8H,10H2,1H3,(H,11,12,13,14). The van der Waals surface area contributed by atoms with Gasteiger partial charge in [-0.15, -0.1) is 22.0 Å². The van der Waals surface area contributed by atoms with Crippen molar-refractivity contribution in [2.75, 3.05) is 6.26 Å². The maximum atomic E-state index is 5.96. The Morgan fingerprint density at radius 1 is 1.33 bits per heavy atom. The number of hydrogen-bond donors (Lipinski definition) is 2. The van der Waals surface area contributed by atoms with Gasteiger partial charge in [-0.1, -0.05) is 17.3 Å². The van der Waals surface area contributed by atoms with Crippen LogP contribution in [0.5, 0.6) is 0 Å². The highest BCUT2D eigenvalue weighted by atomic mass is 32.2. The summed E-state index contributed by atoms with van der Waals surface area (Å²) in [7, 11) is 0. The lowest BCUT2D eigenvalue weighted by Crippen LogP contribution is -2.13. The Balaban J connectivity index is 2.22. The van der Waals surface area contributed by atoms with Crippen LogP contribution < -0.4 is 5.73 Å². The van der Waals surface area contributed by atoms with E-state index in [0.717, 1.165) is 5.56 Å². The molecule has 1 aromatic heterocycles. The van der Waals surface area contributed by atoms with Gasteiger partial charge in [0.05, 0.1) is 6.04 Å². The second kappa shape index (κ2) is 4.41. The number of thioether (sulfide) groups is 1. The van der Waals surface area contributed by atoms with E-state index in [-0.39, 0.29) is 6.04 Å². The van der Waals surface area contributed by atoms with Crippen LogP contribution in [0.15, 0.2) is 29.2 Å². The summed E-state index contributed by atoms with van der Waals surface area (Å²) in [5.74, 6) is 0.506. The Labute approximate surface area is 91.5 Å². The van der Waals surface area contributed by atoms with Crippen molar-refractivity contribution in [2.45, 2.75) is 10.9 Å². The molecule has 1 aromatic carbocycles. The number of benzene rings is 1. The van der Waals surface area contributed by atoms with Gasteiger partial charge >= 0.3 is 0 Å². The minimum atomic E-state index is -0.320. The summed E-state index contributed by atoms with van der Waals surface area (Å²) in [6.07, 6.45) is 2.04. The van der Waals surface area contributed by atoms with Crippen molar-refractivity contribution in [1.29, 1.82) is 0 Å². The highest BCUT2D eigenvalue weighted by Gasteiger charge is 2.12. The van der Waals surface area contributed by atoms with E-state index in [1.807, 2.05) is 30.5 Å². The molecule has 0 aliphatic rings. The largest absolute Gasteiger partial charge is 0.318 e. The van der Waals surface area contributed by atoms with Crippen LogP contribution in [0, 0.1) is 0 Å². The molecule has 0 radical (unpaired) electrons. The van der Waals surface area contributed by atoms with Gasteiger partial charge in [0.1, 0.15) is 0 Å². The van der Waals surface area contributed by atoms with Crippen LogP contribution in [0.25, 0.3) is 0 Å². The molecule has 3 N–H and O–H groups in total. The lowest BCUT2D eigenvalue weighted by atomic mass is 10.1. The average molecular weight is 221 g/mol. The number of H-pyrrole nitrogens is 1. The van der Waals surface area contributed by atoms with E-state index < -0.39 is 0 Å². The van der Waals surface area contributed by atoms with Gasteiger partial charge in [-0.3, -0.25) is 0 Å². The van der Waals surface area contributed by atoms with Crippen LogP contribution in [0.4, 0.5) is 0 Å². The molecule has 1 unspecified atom stereocenters. The van der Waals surface area contributed by atoms with Crippen LogP contribution in [0.2, 0.25) is 0 Å². The highest BCUT2D eigenvalue weighted by molar-refractivity contribution is 7.98. The van der Waals surface area contributed by atoms with Gasteiger partial charge in [-0.05, 0) is 24.0 Å². The van der Waals surface area contributed by atoms with E-state index >= 15 is 0 Å². The molecule has 0 bridgehead atoms. The zero-order chi connectivity index (χ0) is 10.7. The zero-order valence-electron chi connectivity index (χ0n) is 8.21. The molecule has 0 aliphatic carbocycles. The van der Waals surface area contributed by atoms with Crippen LogP contribution in [0.3, 0.4) is 0 Å². The van der Waals surface area contributed by atoms with E-state index in [1.165, 1.54) is 4.90 Å². The summed E-state index contributed by atoms with van der Waals surface area (Å²) in [5, 5.41) is 13.6. The van der Waals surface area contributed by atoms with E-state index in [0.29, 0.717) is 5.82 Å². The van der Waals surface area contributed by atoms with E-state index in [4.69, 9.17) is 5.73 Å². The van der Waals surface area contributed by atoms with Gasteiger partial charge in [0.15, 0.2) is 5.82 Å². The molecule has 0 saturated heterocycles. The second-order valence-electron chi connectivity index (χ2n) is 3.02. The number of aromatic nitrogens is 4. The number of nitrogens with zero attached hydrogens (tertiary/aromatic N) is 3. The topological polar surface area (TPSA) is 80.5 Å². The lowest BCUT2D eigenvalue weighted by molar-refractivity contribution is 0.784. The molecule has 6 heteroatoms. The van der Waals surface area contributed by atoms with Crippen LogP contribution >= 0.6 is 11.8 Å². The van der Waals surface area contributed by atoms with E-state index in [2.05, 4.69) is 20.6 Å². The third kappa shape index (κ3) is 2.16. The number of hydrogen-bond acceptors (Lipinski definition) is 5. The summed E-state index contributed by atoms with van der Waals surface area (Å²) in [6, 6.07) is 7.69. The Hall–Kier alpha value is -1.40. The lowest BCUT2D eigenvalue weighted by Gasteiger charge is -2.07.